The quantitative estimate of drug-likeness (QED) is 0.789. The third kappa shape index (κ3) is 3.06. The minimum atomic E-state index is -4.97. The van der Waals surface area contributed by atoms with E-state index < -0.39 is 41.6 Å². The highest BCUT2D eigenvalue weighted by atomic mass is 19.4. The van der Waals surface area contributed by atoms with Gasteiger partial charge in [0.15, 0.2) is 0 Å². The minimum absolute atomic E-state index is 0.291. The molecule has 0 aliphatic rings. The number of halogens is 4. The summed E-state index contributed by atoms with van der Waals surface area (Å²) >= 11 is 0. The van der Waals surface area contributed by atoms with Gasteiger partial charge >= 0.3 is 12.3 Å². The van der Waals surface area contributed by atoms with Crippen LogP contribution in [0.2, 0.25) is 0 Å². The highest BCUT2D eigenvalue weighted by Crippen LogP contribution is 2.35. The number of ether oxygens (including phenoxy) is 1. The Hall–Kier alpha value is -1.83. The van der Waals surface area contributed by atoms with Crippen LogP contribution in [0.25, 0.3) is 0 Å². The van der Waals surface area contributed by atoms with Crippen LogP contribution in [0.4, 0.5) is 22.4 Å². The topological polar surface area (TPSA) is 72.6 Å². The van der Waals surface area contributed by atoms with Crippen molar-refractivity contribution in [2.75, 3.05) is 0 Å². The van der Waals surface area contributed by atoms with Crippen molar-refractivity contribution in [1.29, 1.82) is 0 Å². The molecule has 94 valence electrons. The molecule has 1 rings (SSSR count). The van der Waals surface area contributed by atoms with E-state index in [9.17, 15) is 22.4 Å². The molecule has 0 unspecified atom stereocenters. The number of benzene rings is 1. The number of carbonyl (C=O) groups is 1. The van der Waals surface area contributed by atoms with Crippen molar-refractivity contribution in [3.05, 3.63) is 29.1 Å². The lowest BCUT2D eigenvalue weighted by atomic mass is 10.1. The van der Waals surface area contributed by atoms with Crippen molar-refractivity contribution in [2.45, 2.75) is 12.8 Å². The van der Waals surface area contributed by atoms with E-state index in [1.807, 2.05) is 0 Å². The molecule has 0 saturated heterocycles. The third-order valence-corrected chi connectivity index (χ3v) is 1.82. The largest absolute Gasteiger partial charge is 0.419 e. The van der Waals surface area contributed by atoms with Crippen LogP contribution in [0.1, 0.15) is 11.1 Å². The summed E-state index contributed by atoms with van der Waals surface area (Å²) in [5.41, 5.74) is 2.33. The number of amides is 1. The van der Waals surface area contributed by atoms with Gasteiger partial charge in [0.25, 0.3) is 0 Å². The Morgan fingerprint density at radius 2 is 2.00 bits per heavy atom. The molecule has 0 fully saturated rings. The van der Waals surface area contributed by atoms with Crippen LogP contribution in [0.15, 0.2) is 12.1 Å². The Labute approximate surface area is 92.6 Å². The maximum atomic E-state index is 13.2. The SMILES string of the molecule is NC(=O)Oc1cc(CO)c(F)c(C(F)(F)F)c1. The molecule has 1 aromatic rings. The van der Waals surface area contributed by atoms with Gasteiger partial charge < -0.3 is 15.6 Å². The summed E-state index contributed by atoms with van der Waals surface area (Å²) in [5, 5.41) is 8.69. The number of hydrogen-bond donors (Lipinski definition) is 2. The fourth-order valence-corrected chi connectivity index (χ4v) is 1.15. The van der Waals surface area contributed by atoms with E-state index in [2.05, 4.69) is 10.5 Å². The second-order valence-corrected chi connectivity index (χ2v) is 3.02. The van der Waals surface area contributed by atoms with Crippen molar-refractivity contribution in [3.63, 3.8) is 0 Å². The highest BCUT2D eigenvalue weighted by Gasteiger charge is 2.36. The zero-order valence-electron chi connectivity index (χ0n) is 8.21. The molecule has 8 heteroatoms. The van der Waals surface area contributed by atoms with Crippen LogP contribution >= 0.6 is 0 Å². The van der Waals surface area contributed by atoms with E-state index in [0.717, 1.165) is 6.07 Å². The lowest BCUT2D eigenvalue weighted by Crippen LogP contribution is -2.18. The fraction of sp³-hybridized carbons (Fsp3) is 0.222. The van der Waals surface area contributed by atoms with E-state index in [4.69, 9.17) is 5.11 Å². The van der Waals surface area contributed by atoms with Crippen molar-refractivity contribution >= 4 is 6.09 Å². The normalized spacial score (nSPS) is 11.4. The molecule has 0 heterocycles. The molecule has 0 spiro atoms. The second-order valence-electron chi connectivity index (χ2n) is 3.02. The molecule has 0 radical (unpaired) electrons. The molecular formula is C9H7F4NO3. The maximum Gasteiger partial charge on any atom is 0.419 e. The average Bonchev–Trinajstić information content (AvgIpc) is 2.17. The van der Waals surface area contributed by atoms with Crippen LogP contribution in [-0.4, -0.2) is 11.2 Å². The summed E-state index contributed by atoms with van der Waals surface area (Å²) < 4.78 is 54.6. The second kappa shape index (κ2) is 4.58. The van der Waals surface area contributed by atoms with Crippen molar-refractivity contribution < 1.29 is 32.2 Å². The first-order valence-electron chi connectivity index (χ1n) is 4.23. The molecular weight excluding hydrogens is 246 g/mol. The number of alkyl halides is 3. The molecule has 1 amide bonds. The smallest absolute Gasteiger partial charge is 0.410 e. The van der Waals surface area contributed by atoms with Gasteiger partial charge in [0.1, 0.15) is 11.6 Å². The number of hydrogen-bond acceptors (Lipinski definition) is 3. The summed E-state index contributed by atoms with van der Waals surface area (Å²) in [6.07, 6.45) is -6.31. The summed E-state index contributed by atoms with van der Waals surface area (Å²) in [7, 11) is 0. The van der Waals surface area contributed by atoms with Gasteiger partial charge in [-0.15, -0.1) is 0 Å². The number of rotatable bonds is 2. The standard InChI is InChI=1S/C9H7F4NO3/c10-7-4(3-15)1-5(17-8(14)16)2-6(7)9(11,12)13/h1-2,15H,3H2,(H2,14,16). The van der Waals surface area contributed by atoms with Gasteiger partial charge in [-0.1, -0.05) is 0 Å². The summed E-state index contributed by atoms with van der Waals surface area (Å²) in [6.45, 7) is -0.967. The van der Waals surface area contributed by atoms with Crippen molar-refractivity contribution in [1.82, 2.24) is 0 Å². The third-order valence-electron chi connectivity index (χ3n) is 1.82. The molecule has 4 nitrogen and oxygen atoms in total. The lowest BCUT2D eigenvalue weighted by molar-refractivity contribution is -0.140. The van der Waals surface area contributed by atoms with Crippen LogP contribution in [0.3, 0.4) is 0 Å². The summed E-state index contributed by atoms with van der Waals surface area (Å²) in [4.78, 5) is 10.4. The monoisotopic (exact) mass is 253 g/mol. The number of nitrogens with two attached hydrogens (primary N) is 1. The molecule has 0 aliphatic heterocycles. The van der Waals surface area contributed by atoms with Crippen molar-refractivity contribution in [2.24, 2.45) is 5.73 Å². The van der Waals surface area contributed by atoms with Crippen LogP contribution in [0.5, 0.6) is 5.75 Å². The van der Waals surface area contributed by atoms with E-state index in [1.54, 1.807) is 0 Å². The first-order valence-corrected chi connectivity index (χ1v) is 4.23. The Morgan fingerprint density at radius 1 is 1.41 bits per heavy atom. The number of carbonyl (C=O) groups excluding carboxylic acids is 1. The summed E-state index contributed by atoms with van der Waals surface area (Å²) in [6, 6.07) is 1.05. The van der Waals surface area contributed by atoms with Gasteiger partial charge in [0, 0.05) is 5.56 Å². The zero-order chi connectivity index (χ0) is 13.2. The molecule has 17 heavy (non-hydrogen) atoms. The Balaban J connectivity index is 3.33. The van der Waals surface area contributed by atoms with E-state index in [-0.39, 0.29) is 0 Å². The number of primary amides is 1. The lowest BCUT2D eigenvalue weighted by Gasteiger charge is -2.12. The molecule has 3 N–H and O–H groups in total. The van der Waals surface area contributed by atoms with Crippen LogP contribution in [-0.2, 0) is 12.8 Å². The predicted octanol–water partition coefficient (Wildman–Crippen LogP) is 1.79. The maximum absolute atomic E-state index is 13.2. The fourth-order valence-electron chi connectivity index (χ4n) is 1.15. The van der Waals surface area contributed by atoms with Crippen LogP contribution < -0.4 is 10.5 Å². The van der Waals surface area contributed by atoms with E-state index in [0.29, 0.717) is 6.07 Å². The summed E-state index contributed by atoms with van der Waals surface area (Å²) in [5.74, 6) is -2.20. The Kier molecular flexibility index (Phi) is 3.56. The Morgan fingerprint density at radius 3 is 2.41 bits per heavy atom. The first-order chi connectivity index (χ1) is 7.75. The van der Waals surface area contributed by atoms with Gasteiger partial charge in [0.05, 0.1) is 12.2 Å². The van der Waals surface area contributed by atoms with Gasteiger partial charge in [-0.3, -0.25) is 0 Å². The van der Waals surface area contributed by atoms with Gasteiger partial charge in [-0.25, -0.2) is 9.18 Å². The van der Waals surface area contributed by atoms with E-state index in [1.165, 1.54) is 0 Å². The predicted molar refractivity (Wildman–Crippen MR) is 47.5 cm³/mol. The molecule has 0 aromatic heterocycles. The number of aliphatic hydroxyl groups excluding tert-OH is 1. The molecule has 0 aliphatic carbocycles. The van der Waals surface area contributed by atoms with Gasteiger partial charge in [-0.2, -0.15) is 13.2 Å². The molecule has 1 aromatic carbocycles. The van der Waals surface area contributed by atoms with Crippen LogP contribution in [0, 0.1) is 5.82 Å². The first kappa shape index (κ1) is 13.2. The van der Waals surface area contributed by atoms with E-state index >= 15 is 0 Å². The zero-order valence-corrected chi connectivity index (χ0v) is 8.21. The molecule has 0 saturated carbocycles. The highest BCUT2D eigenvalue weighted by molar-refractivity contribution is 5.68. The van der Waals surface area contributed by atoms with Gasteiger partial charge in [-0.05, 0) is 12.1 Å². The number of aliphatic hydroxyl groups is 1. The Bertz CT molecular complexity index is 445. The van der Waals surface area contributed by atoms with Crippen molar-refractivity contribution in [3.8, 4) is 5.75 Å². The molecule has 0 bridgehead atoms. The minimum Gasteiger partial charge on any atom is -0.410 e. The molecule has 0 atom stereocenters. The average molecular weight is 253 g/mol. The van der Waals surface area contributed by atoms with Gasteiger partial charge in [0.2, 0.25) is 0 Å².